The largest absolute Gasteiger partial charge is 0.497 e. The third kappa shape index (κ3) is 8.08. The van der Waals surface area contributed by atoms with Crippen LogP contribution in [0.15, 0.2) is 48.5 Å². The SMILES string of the molecule is CO.COc1cccc(OCCOc2ccc(CCC(=O)O)cc2)c1. The molecule has 6 heteroatoms. The summed E-state index contributed by atoms with van der Waals surface area (Å²) >= 11 is 0. The quantitative estimate of drug-likeness (QED) is 0.678. The van der Waals surface area contributed by atoms with E-state index in [1.54, 1.807) is 7.11 Å². The third-order valence-corrected chi connectivity index (χ3v) is 3.21. The third-order valence-electron chi connectivity index (χ3n) is 3.21. The number of aliphatic hydroxyl groups excluding tert-OH is 1. The van der Waals surface area contributed by atoms with Crippen molar-refractivity contribution in [3.63, 3.8) is 0 Å². The molecule has 0 heterocycles. The molecule has 0 spiro atoms. The number of benzene rings is 2. The molecule has 0 amide bonds. The second-order valence-corrected chi connectivity index (χ2v) is 4.91. The van der Waals surface area contributed by atoms with Crippen molar-refractivity contribution in [2.45, 2.75) is 12.8 Å². The summed E-state index contributed by atoms with van der Waals surface area (Å²) in [7, 11) is 2.61. The van der Waals surface area contributed by atoms with Crippen LogP contribution in [0.3, 0.4) is 0 Å². The van der Waals surface area contributed by atoms with E-state index in [-0.39, 0.29) is 6.42 Å². The van der Waals surface area contributed by atoms with E-state index in [0.717, 1.165) is 29.9 Å². The van der Waals surface area contributed by atoms with Crippen molar-refractivity contribution in [2.75, 3.05) is 27.4 Å². The fourth-order valence-electron chi connectivity index (χ4n) is 2.01. The van der Waals surface area contributed by atoms with Crippen molar-refractivity contribution < 1.29 is 29.2 Å². The molecule has 2 N–H and O–H groups in total. The topological polar surface area (TPSA) is 85.2 Å². The van der Waals surface area contributed by atoms with E-state index in [0.29, 0.717) is 19.6 Å². The summed E-state index contributed by atoms with van der Waals surface area (Å²) < 4.78 is 16.3. The maximum atomic E-state index is 10.5. The number of aryl methyl sites for hydroxylation is 1. The lowest BCUT2D eigenvalue weighted by atomic mass is 10.1. The molecule has 0 unspecified atom stereocenters. The van der Waals surface area contributed by atoms with Crippen LogP contribution < -0.4 is 14.2 Å². The predicted molar refractivity (Wildman–Crippen MR) is 94.5 cm³/mol. The summed E-state index contributed by atoms with van der Waals surface area (Å²) in [4.78, 5) is 10.5. The lowest BCUT2D eigenvalue weighted by Crippen LogP contribution is -2.09. The van der Waals surface area contributed by atoms with Crippen LogP contribution in [0.4, 0.5) is 0 Å². The van der Waals surface area contributed by atoms with Crippen molar-refractivity contribution in [3.8, 4) is 17.2 Å². The Morgan fingerprint density at radius 1 is 0.920 bits per heavy atom. The Morgan fingerprint density at radius 3 is 2.12 bits per heavy atom. The maximum absolute atomic E-state index is 10.5. The summed E-state index contributed by atoms with van der Waals surface area (Å²) in [6.45, 7) is 0.847. The number of rotatable bonds is 9. The van der Waals surface area contributed by atoms with Crippen LogP contribution in [0.2, 0.25) is 0 Å². The van der Waals surface area contributed by atoms with Gasteiger partial charge < -0.3 is 24.4 Å². The van der Waals surface area contributed by atoms with Gasteiger partial charge in [-0.05, 0) is 36.2 Å². The van der Waals surface area contributed by atoms with Gasteiger partial charge in [0.05, 0.1) is 7.11 Å². The summed E-state index contributed by atoms with van der Waals surface area (Å²) in [5.74, 6) is 1.43. The fourth-order valence-corrected chi connectivity index (χ4v) is 2.01. The van der Waals surface area contributed by atoms with Crippen molar-refractivity contribution in [1.82, 2.24) is 0 Å². The van der Waals surface area contributed by atoms with Gasteiger partial charge in [-0.15, -0.1) is 0 Å². The fraction of sp³-hybridized carbons (Fsp3) is 0.316. The molecule has 0 fully saturated rings. The lowest BCUT2D eigenvalue weighted by molar-refractivity contribution is -0.136. The molecule has 136 valence electrons. The second-order valence-electron chi connectivity index (χ2n) is 4.91. The van der Waals surface area contributed by atoms with E-state index in [1.165, 1.54) is 0 Å². The number of carboxylic acid groups (broad SMARTS) is 1. The summed E-state index contributed by atoms with van der Waals surface area (Å²) in [6.07, 6.45) is 0.656. The van der Waals surface area contributed by atoms with E-state index in [4.69, 9.17) is 24.4 Å². The molecule has 0 aromatic heterocycles. The zero-order chi connectivity index (χ0) is 18.5. The molecule has 0 radical (unpaired) electrons. The van der Waals surface area contributed by atoms with Crippen LogP contribution in [-0.4, -0.2) is 43.6 Å². The molecule has 0 saturated carbocycles. The van der Waals surface area contributed by atoms with E-state index >= 15 is 0 Å². The number of ether oxygens (including phenoxy) is 3. The Bertz CT molecular complexity index is 624. The van der Waals surface area contributed by atoms with Crippen molar-refractivity contribution in [2.24, 2.45) is 0 Å². The summed E-state index contributed by atoms with van der Waals surface area (Å²) in [6, 6.07) is 14.8. The molecule has 2 aromatic carbocycles. The Morgan fingerprint density at radius 2 is 1.52 bits per heavy atom. The number of aliphatic carboxylic acids is 1. The zero-order valence-corrected chi connectivity index (χ0v) is 14.5. The lowest BCUT2D eigenvalue weighted by Gasteiger charge is -2.09. The number of carboxylic acids is 1. The smallest absolute Gasteiger partial charge is 0.303 e. The number of aliphatic hydroxyl groups is 1. The molecule has 0 atom stereocenters. The van der Waals surface area contributed by atoms with Gasteiger partial charge in [0.25, 0.3) is 0 Å². The molecule has 2 aromatic rings. The molecule has 0 aliphatic carbocycles. The van der Waals surface area contributed by atoms with Gasteiger partial charge in [0.2, 0.25) is 0 Å². The van der Waals surface area contributed by atoms with Crippen LogP contribution in [0, 0.1) is 0 Å². The van der Waals surface area contributed by atoms with Gasteiger partial charge in [0, 0.05) is 19.6 Å². The number of hydrogen-bond donors (Lipinski definition) is 2. The minimum atomic E-state index is -0.792. The van der Waals surface area contributed by atoms with Crippen LogP contribution in [0.5, 0.6) is 17.2 Å². The first-order chi connectivity index (χ1) is 12.2. The van der Waals surface area contributed by atoms with Crippen molar-refractivity contribution >= 4 is 5.97 Å². The van der Waals surface area contributed by atoms with Crippen molar-refractivity contribution in [3.05, 3.63) is 54.1 Å². The van der Waals surface area contributed by atoms with E-state index in [2.05, 4.69) is 0 Å². The highest BCUT2D eigenvalue weighted by Gasteiger charge is 2.01. The molecular weight excluding hydrogens is 324 g/mol. The molecule has 0 aliphatic rings. The first-order valence-corrected chi connectivity index (χ1v) is 7.82. The molecule has 6 nitrogen and oxygen atoms in total. The van der Waals surface area contributed by atoms with Gasteiger partial charge in [0.1, 0.15) is 30.5 Å². The number of carbonyl (C=O) groups is 1. The van der Waals surface area contributed by atoms with Gasteiger partial charge in [-0.1, -0.05) is 18.2 Å². The minimum absolute atomic E-state index is 0.134. The van der Waals surface area contributed by atoms with Crippen LogP contribution in [-0.2, 0) is 11.2 Å². The van der Waals surface area contributed by atoms with E-state index < -0.39 is 5.97 Å². The molecule has 0 aliphatic heterocycles. The molecule has 0 bridgehead atoms. The van der Waals surface area contributed by atoms with Gasteiger partial charge in [-0.25, -0.2) is 0 Å². The molecular formula is C19H24O6. The molecule has 2 rings (SSSR count). The maximum Gasteiger partial charge on any atom is 0.303 e. The standard InChI is InChI=1S/C18H20O5.CH4O/c1-21-16-3-2-4-17(13-16)23-12-11-22-15-8-5-14(6-9-15)7-10-18(19)20;1-2/h2-6,8-9,13H,7,10-12H2,1H3,(H,19,20);2H,1H3. The predicted octanol–water partition coefficient (Wildman–Crippen LogP) is 2.78. The van der Waals surface area contributed by atoms with Crippen LogP contribution in [0.1, 0.15) is 12.0 Å². The average molecular weight is 348 g/mol. The van der Waals surface area contributed by atoms with Gasteiger partial charge in [-0.2, -0.15) is 0 Å². The van der Waals surface area contributed by atoms with Gasteiger partial charge in [0.15, 0.2) is 0 Å². The Balaban J connectivity index is 0.00000151. The minimum Gasteiger partial charge on any atom is -0.497 e. The second kappa shape index (κ2) is 11.8. The average Bonchev–Trinajstić information content (AvgIpc) is 2.66. The molecule has 0 saturated heterocycles. The van der Waals surface area contributed by atoms with Crippen molar-refractivity contribution in [1.29, 1.82) is 0 Å². The number of hydrogen-bond acceptors (Lipinski definition) is 5. The highest BCUT2D eigenvalue weighted by molar-refractivity contribution is 5.67. The Hall–Kier alpha value is -2.73. The highest BCUT2D eigenvalue weighted by Crippen LogP contribution is 2.19. The van der Waals surface area contributed by atoms with Gasteiger partial charge in [-0.3, -0.25) is 4.79 Å². The van der Waals surface area contributed by atoms with Crippen LogP contribution >= 0.6 is 0 Å². The summed E-state index contributed by atoms with van der Waals surface area (Å²) in [5.41, 5.74) is 0.979. The zero-order valence-electron chi connectivity index (χ0n) is 14.5. The Kier molecular flexibility index (Phi) is 9.55. The van der Waals surface area contributed by atoms with E-state index in [9.17, 15) is 4.79 Å². The summed E-state index contributed by atoms with van der Waals surface area (Å²) in [5, 5.41) is 15.7. The molecule has 25 heavy (non-hydrogen) atoms. The highest BCUT2D eigenvalue weighted by atomic mass is 16.5. The first-order valence-electron chi connectivity index (χ1n) is 7.82. The Labute approximate surface area is 147 Å². The normalized spacial score (nSPS) is 9.56. The monoisotopic (exact) mass is 348 g/mol. The first kappa shape index (κ1) is 20.3. The number of methoxy groups -OCH3 is 1. The van der Waals surface area contributed by atoms with Gasteiger partial charge >= 0.3 is 5.97 Å². The van der Waals surface area contributed by atoms with E-state index in [1.807, 2.05) is 48.5 Å². The van der Waals surface area contributed by atoms with Crippen LogP contribution in [0.25, 0.3) is 0 Å².